The van der Waals surface area contributed by atoms with Crippen LogP contribution in [0.4, 0.5) is 0 Å². The van der Waals surface area contributed by atoms with Crippen molar-refractivity contribution in [2.24, 2.45) is 0 Å². The number of nitrogens with one attached hydrogen (secondary N) is 1. The molecule has 1 aromatic heterocycles. The Hall–Kier alpha value is -2.30. The van der Waals surface area contributed by atoms with Crippen LogP contribution < -0.4 is 10.9 Å². The molecule has 2 N–H and O–H groups in total. The molecule has 0 atom stereocenters. The van der Waals surface area contributed by atoms with Gasteiger partial charge < -0.3 is 10.4 Å². The van der Waals surface area contributed by atoms with Crippen LogP contribution in [0.1, 0.15) is 11.1 Å². The summed E-state index contributed by atoms with van der Waals surface area (Å²) in [5.74, 6) is 0.240. The van der Waals surface area contributed by atoms with Crippen molar-refractivity contribution < 1.29 is 5.11 Å². The summed E-state index contributed by atoms with van der Waals surface area (Å²) in [4.78, 5) is 0. The van der Waals surface area contributed by atoms with E-state index in [0.29, 0.717) is 11.3 Å². The fraction of sp³-hybridized carbons (Fsp3) is 0.0769. The summed E-state index contributed by atoms with van der Waals surface area (Å²) in [6, 6.07) is 7.48. The molecule has 1 aliphatic heterocycles. The Bertz CT molecular complexity index is 623. The minimum Gasteiger partial charge on any atom is -0.507 e. The summed E-state index contributed by atoms with van der Waals surface area (Å²) in [6.45, 7) is 0.735. The standard InChI is InChI=1S/C13H12BN3O/c14-13-2-1-11(16-17-13)10-5-8-3-4-15-7-9(8)6-12(10)18/h1-6,15,18H,7,14H2. The number of hydrogen-bond acceptors (Lipinski definition) is 4. The lowest BCUT2D eigenvalue weighted by molar-refractivity contribution is 0.476. The third-order valence-electron chi connectivity index (χ3n) is 3.00. The quantitative estimate of drug-likeness (QED) is 0.695. The van der Waals surface area contributed by atoms with Gasteiger partial charge >= 0.3 is 0 Å². The molecular weight excluding hydrogens is 225 g/mol. The lowest BCUT2D eigenvalue weighted by Gasteiger charge is -2.14. The number of aromatic nitrogens is 2. The molecule has 5 heteroatoms. The Balaban J connectivity index is 2.13. The molecule has 0 spiro atoms. The molecule has 0 aliphatic carbocycles. The summed E-state index contributed by atoms with van der Waals surface area (Å²) in [5, 5.41) is 21.3. The highest BCUT2D eigenvalue weighted by Crippen LogP contribution is 2.31. The van der Waals surface area contributed by atoms with Gasteiger partial charge in [-0.05, 0) is 47.7 Å². The number of hydrogen-bond donors (Lipinski definition) is 2. The van der Waals surface area contributed by atoms with Crippen molar-refractivity contribution in [3.63, 3.8) is 0 Å². The first-order valence-electron chi connectivity index (χ1n) is 5.80. The Morgan fingerprint density at radius 2 is 2.11 bits per heavy atom. The first-order chi connectivity index (χ1) is 8.74. The smallest absolute Gasteiger partial charge is 0.166 e. The highest BCUT2D eigenvalue weighted by Gasteiger charge is 2.12. The van der Waals surface area contributed by atoms with E-state index in [4.69, 9.17) is 0 Å². The van der Waals surface area contributed by atoms with Gasteiger partial charge in [-0.25, -0.2) is 0 Å². The van der Waals surface area contributed by atoms with Crippen molar-refractivity contribution in [3.05, 3.63) is 41.6 Å². The van der Waals surface area contributed by atoms with E-state index in [9.17, 15) is 5.11 Å². The van der Waals surface area contributed by atoms with E-state index in [1.807, 2.05) is 38.3 Å². The lowest BCUT2D eigenvalue weighted by Crippen LogP contribution is -2.11. The predicted molar refractivity (Wildman–Crippen MR) is 73.2 cm³/mol. The highest BCUT2D eigenvalue weighted by atomic mass is 16.3. The molecule has 3 rings (SSSR count). The van der Waals surface area contributed by atoms with Gasteiger partial charge in [0, 0.05) is 17.7 Å². The van der Waals surface area contributed by atoms with Crippen LogP contribution in [-0.2, 0) is 6.54 Å². The second-order valence-corrected chi connectivity index (χ2v) is 4.34. The first-order valence-corrected chi connectivity index (χ1v) is 5.80. The number of benzene rings is 1. The van der Waals surface area contributed by atoms with Crippen molar-refractivity contribution in [1.29, 1.82) is 0 Å². The summed E-state index contributed by atoms with van der Waals surface area (Å²) in [5.41, 5.74) is 4.45. The Kier molecular flexibility index (Phi) is 2.52. The zero-order valence-electron chi connectivity index (χ0n) is 10.0. The van der Waals surface area contributed by atoms with Crippen LogP contribution in [0, 0.1) is 0 Å². The maximum absolute atomic E-state index is 10.1. The molecule has 0 amide bonds. The van der Waals surface area contributed by atoms with Crippen molar-refractivity contribution in [2.75, 3.05) is 0 Å². The summed E-state index contributed by atoms with van der Waals surface area (Å²) in [7, 11) is 1.89. The average molecular weight is 237 g/mol. The van der Waals surface area contributed by atoms with Crippen molar-refractivity contribution in [2.45, 2.75) is 6.54 Å². The van der Waals surface area contributed by atoms with Gasteiger partial charge in [-0.3, -0.25) is 0 Å². The van der Waals surface area contributed by atoms with Crippen LogP contribution in [0.2, 0.25) is 0 Å². The third kappa shape index (κ3) is 1.84. The molecule has 2 aromatic rings. The monoisotopic (exact) mass is 237 g/mol. The van der Waals surface area contributed by atoms with Gasteiger partial charge in [-0.15, -0.1) is 0 Å². The minimum atomic E-state index is 0.240. The molecule has 0 bridgehead atoms. The molecule has 0 radical (unpaired) electrons. The fourth-order valence-corrected chi connectivity index (χ4v) is 2.02. The number of phenolic OH excluding ortho intramolecular Hbond substituents is 1. The van der Waals surface area contributed by atoms with E-state index in [-0.39, 0.29) is 5.75 Å². The normalized spacial score (nSPS) is 12.9. The van der Waals surface area contributed by atoms with Crippen molar-refractivity contribution in [3.8, 4) is 17.0 Å². The van der Waals surface area contributed by atoms with E-state index in [1.54, 1.807) is 6.07 Å². The highest BCUT2D eigenvalue weighted by molar-refractivity contribution is 6.30. The van der Waals surface area contributed by atoms with Crippen LogP contribution in [0.25, 0.3) is 17.3 Å². The van der Waals surface area contributed by atoms with Gasteiger partial charge in [-0.2, -0.15) is 10.2 Å². The summed E-state index contributed by atoms with van der Waals surface area (Å²) >= 11 is 0. The zero-order chi connectivity index (χ0) is 12.5. The molecule has 1 aliphatic rings. The first kappa shape index (κ1) is 10.8. The Labute approximate surface area is 106 Å². The Morgan fingerprint density at radius 3 is 2.89 bits per heavy atom. The van der Waals surface area contributed by atoms with E-state index < -0.39 is 0 Å². The number of aromatic hydroxyl groups is 1. The minimum absolute atomic E-state index is 0.240. The molecular formula is C13H12BN3O. The molecule has 18 heavy (non-hydrogen) atoms. The van der Waals surface area contributed by atoms with Crippen LogP contribution in [-0.4, -0.2) is 23.2 Å². The van der Waals surface area contributed by atoms with E-state index in [1.165, 1.54) is 0 Å². The van der Waals surface area contributed by atoms with Crippen LogP contribution in [0.3, 0.4) is 0 Å². The molecule has 0 saturated carbocycles. The maximum Gasteiger partial charge on any atom is 0.166 e. The molecule has 0 unspecified atom stereocenters. The second-order valence-electron chi connectivity index (χ2n) is 4.34. The summed E-state index contributed by atoms with van der Waals surface area (Å²) in [6.07, 6.45) is 3.90. The zero-order valence-corrected chi connectivity index (χ0v) is 10.0. The Morgan fingerprint density at radius 1 is 1.22 bits per heavy atom. The van der Waals surface area contributed by atoms with Crippen LogP contribution in [0.5, 0.6) is 5.75 Å². The largest absolute Gasteiger partial charge is 0.507 e. The average Bonchev–Trinajstić information content (AvgIpc) is 2.39. The van der Waals surface area contributed by atoms with E-state index in [2.05, 4.69) is 15.5 Å². The third-order valence-corrected chi connectivity index (χ3v) is 3.00. The molecule has 88 valence electrons. The van der Waals surface area contributed by atoms with Gasteiger partial charge in [0.1, 0.15) is 5.75 Å². The predicted octanol–water partition coefficient (Wildman–Crippen LogP) is 0.181. The second kappa shape index (κ2) is 4.18. The van der Waals surface area contributed by atoms with Gasteiger partial charge in [0.2, 0.25) is 0 Å². The molecule has 0 saturated heterocycles. The molecule has 2 heterocycles. The van der Waals surface area contributed by atoms with Crippen LogP contribution >= 0.6 is 0 Å². The summed E-state index contributed by atoms with van der Waals surface area (Å²) < 4.78 is 0. The number of nitrogens with zero attached hydrogens (tertiary/aromatic N) is 2. The van der Waals surface area contributed by atoms with E-state index in [0.717, 1.165) is 23.3 Å². The molecule has 1 aromatic carbocycles. The number of phenols is 1. The van der Waals surface area contributed by atoms with Crippen molar-refractivity contribution >= 4 is 19.5 Å². The van der Waals surface area contributed by atoms with E-state index >= 15 is 0 Å². The van der Waals surface area contributed by atoms with Gasteiger partial charge in [-0.1, -0.05) is 0 Å². The van der Waals surface area contributed by atoms with Crippen LogP contribution in [0.15, 0.2) is 30.5 Å². The number of rotatable bonds is 1. The molecule has 0 fully saturated rings. The molecule has 4 nitrogen and oxygen atoms in total. The topological polar surface area (TPSA) is 58.0 Å². The maximum atomic E-state index is 10.1. The SMILES string of the molecule is Bc1ccc(-c2cc3c(cc2O)CNC=C3)nn1. The fourth-order valence-electron chi connectivity index (χ4n) is 2.02. The number of fused-ring (bicyclic) bond motifs is 1. The van der Waals surface area contributed by atoms with Gasteiger partial charge in [0.15, 0.2) is 7.85 Å². The lowest BCUT2D eigenvalue weighted by atomic mass is 9.98. The van der Waals surface area contributed by atoms with Gasteiger partial charge in [0.05, 0.1) is 5.69 Å². The van der Waals surface area contributed by atoms with Crippen molar-refractivity contribution in [1.82, 2.24) is 15.5 Å². The van der Waals surface area contributed by atoms with Gasteiger partial charge in [0.25, 0.3) is 0 Å².